The van der Waals surface area contributed by atoms with E-state index in [-0.39, 0.29) is 29.9 Å². The maximum absolute atomic E-state index is 6.06. The van der Waals surface area contributed by atoms with Crippen LogP contribution in [-0.2, 0) is 6.54 Å². The number of hydrogen-bond donors (Lipinski definition) is 2. The summed E-state index contributed by atoms with van der Waals surface area (Å²) in [7, 11) is 1.61. The van der Waals surface area contributed by atoms with E-state index in [1.807, 2.05) is 60.7 Å². The van der Waals surface area contributed by atoms with Crippen LogP contribution in [0.3, 0.4) is 0 Å². The van der Waals surface area contributed by atoms with E-state index < -0.39 is 0 Å². The Labute approximate surface area is 199 Å². The van der Waals surface area contributed by atoms with Gasteiger partial charge in [0.15, 0.2) is 17.5 Å². The fourth-order valence-corrected chi connectivity index (χ4v) is 2.70. The molecule has 0 aliphatic heterocycles. The second-order valence-electron chi connectivity index (χ2n) is 6.39. The van der Waals surface area contributed by atoms with Gasteiger partial charge in [0.25, 0.3) is 0 Å². The lowest BCUT2D eigenvalue weighted by molar-refractivity contribution is 0.300. The van der Waals surface area contributed by atoms with E-state index in [4.69, 9.17) is 19.9 Å². The van der Waals surface area contributed by atoms with Crippen LogP contribution in [0.15, 0.2) is 71.9 Å². The minimum atomic E-state index is 0. The lowest BCUT2D eigenvalue weighted by Gasteiger charge is -2.13. The fraction of sp³-hybridized carbons (Fsp3) is 0.217. The molecule has 31 heavy (non-hydrogen) atoms. The first kappa shape index (κ1) is 24.3. The third kappa shape index (κ3) is 7.02. The Bertz CT molecular complexity index is 998. The monoisotopic (exact) mass is 534 g/mol. The molecule has 0 spiro atoms. The molecule has 3 aromatic rings. The molecule has 164 valence electrons. The number of benzene rings is 2. The van der Waals surface area contributed by atoms with E-state index in [9.17, 15) is 0 Å². The van der Waals surface area contributed by atoms with Crippen LogP contribution >= 0.6 is 24.0 Å². The zero-order valence-electron chi connectivity index (χ0n) is 17.6. The minimum absolute atomic E-state index is 0. The lowest BCUT2D eigenvalue weighted by Crippen LogP contribution is -2.23. The van der Waals surface area contributed by atoms with Crippen LogP contribution < -0.4 is 25.3 Å². The van der Waals surface area contributed by atoms with Crippen molar-refractivity contribution < 1.29 is 14.2 Å². The second kappa shape index (κ2) is 12.6. The topological polar surface area (TPSA) is 91.0 Å². The molecule has 0 aliphatic carbocycles. The standard InChI is InChI=1S/C23H26N4O3.HI/c1-3-15-29-20-12-6-7-13-21(20)30-22-17(9-8-14-25-22)16-26-23(24)27-18-10-4-5-11-19(18)28-2;/h4-14H,3,15-16H2,1-2H3,(H3,24,26,27);1H. The molecule has 0 radical (unpaired) electrons. The molecule has 3 rings (SSSR count). The van der Waals surface area contributed by atoms with Crippen LogP contribution in [-0.4, -0.2) is 24.7 Å². The first-order chi connectivity index (χ1) is 14.7. The van der Waals surface area contributed by atoms with Crippen molar-refractivity contribution in [3.05, 3.63) is 72.4 Å². The van der Waals surface area contributed by atoms with Crippen molar-refractivity contribution in [3.8, 4) is 23.1 Å². The molecule has 2 aromatic carbocycles. The second-order valence-corrected chi connectivity index (χ2v) is 6.39. The van der Waals surface area contributed by atoms with Gasteiger partial charge in [-0.25, -0.2) is 9.98 Å². The van der Waals surface area contributed by atoms with Gasteiger partial charge in [-0.15, -0.1) is 24.0 Å². The van der Waals surface area contributed by atoms with Crippen molar-refractivity contribution in [3.63, 3.8) is 0 Å². The molecule has 0 amide bonds. The molecule has 0 unspecified atom stereocenters. The largest absolute Gasteiger partial charge is 0.495 e. The molecular weight excluding hydrogens is 507 g/mol. The Kier molecular flexibility index (Phi) is 9.89. The molecule has 0 fully saturated rings. The first-order valence-electron chi connectivity index (χ1n) is 9.74. The highest BCUT2D eigenvalue weighted by molar-refractivity contribution is 14.0. The third-order valence-electron chi connectivity index (χ3n) is 4.16. The Morgan fingerprint density at radius 1 is 1.00 bits per heavy atom. The van der Waals surface area contributed by atoms with E-state index in [0.717, 1.165) is 17.7 Å². The van der Waals surface area contributed by atoms with Gasteiger partial charge in [-0.1, -0.05) is 37.3 Å². The number of methoxy groups -OCH3 is 1. The van der Waals surface area contributed by atoms with Gasteiger partial charge in [0, 0.05) is 11.8 Å². The summed E-state index contributed by atoms with van der Waals surface area (Å²) >= 11 is 0. The predicted octanol–water partition coefficient (Wildman–Crippen LogP) is 5.22. The van der Waals surface area contributed by atoms with Crippen molar-refractivity contribution >= 4 is 35.6 Å². The van der Waals surface area contributed by atoms with Crippen molar-refractivity contribution in [2.24, 2.45) is 10.7 Å². The van der Waals surface area contributed by atoms with Crippen LogP contribution in [0.4, 0.5) is 5.69 Å². The van der Waals surface area contributed by atoms with E-state index in [2.05, 4.69) is 22.2 Å². The van der Waals surface area contributed by atoms with Crippen LogP contribution in [0.2, 0.25) is 0 Å². The van der Waals surface area contributed by atoms with Crippen LogP contribution in [0, 0.1) is 0 Å². The number of nitrogens with two attached hydrogens (primary N) is 1. The lowest BCUT2D eigenvalue weighted by atomic mass is 10.2. The number of halogens is 1. The number of pyridine rings is 1. The number of aromatic nitrogens is 1. The Balaban J connectivity index is 0.00000341. The number of guanidine groups is 1. The van der Waals surface area contributed by atoms with Gasteiger partial charge in [-0.05, 0) is 36.8 Å². The molecule has 1 heterocycles. The van der Waals surface area contributed by atoms with E-state index in [1.54, 1.807) is 13.3 Å². The summed E-state index contributed by atoms with van der Waals surface area (Å²) in [6.45, 7) is 2.97. The van der Waals surface area contributed by atoms with Crippen LogP contribution in [0.5, 0.6) is 23.1 Å². The maximum atomic E-state index is 6.06. The summed E-state index contributed by atoms with van der Waals surface area (Å²) in [5, 5.41) is 3.05. The molecule has 1 aromatic heterocycles. The van der Waals surface area contributed by atoms with Crippen molar-refractivity contribution in [1.29, 1.82) is 0 Å². The molecular formula is C23H27IN4O3. The minimum Gasteiger partial charge on any atom is -0.495 e. The van der Waals surface area contributed by atoms with Crippen molar-refractivity contribution in [1.82, 2.24) is 4.98 Å². The van der Waals surface area contributed by atoms with Crippen LogP contribution in [0.1, 0.15) is 18.9 Å². The van der Waals surface area contributed by atoms with Gasteiger partial charge >= 0.3 is 0 Å². The summed E-state index contributed by atoms with van der Waals surface area (Å²) in [4.78, 5) is 8.77. The smallest absolute Gasteiger partial charge is 0.224 e. The maximum Gasteiger partial charge on any atom is 0.224 e. The van der Waals surface area contributed by atoms with Crippen molar-refractivity contribution in [2.45, 2.75) is 19.9 Å². The number of aliphatic imine (C=N–C) groups is 1. The summed E-state index contributed by atoms with van der Waals surface area (Å²) in [5.74, 6) is 2.69. The Morgan fingerprint density at radius 2 is 1.71 bits per heavy atom. The highest BCUT2D eigenvalue weighted by Gasteiger charge is 2.10. The Morgan fingerprint density at radius 3 is 2.45 bits per heavy atom. The van der Waals surface area contributed by atoms with Gasteiger partial charge in [-0.2, -0.15) is 0 Å². The zero-order chi connectivity index (χ0) is 21.2. The molecule has 7 nitrogen and oxygen atoms in total. The number of ether oxygens (including phenoxy) is 3. The predicted molar refractivity (Wildman–Crippen MR) is 134 cm³/mol. The van der Waals surface area contributed by atoms with Gasteiger partial charge < -0.3 is 25.3 Å². The summed E-state index contributed by atoms with van der Waals surface area (Å²) in [5.41, 5.74) is 7.60. The van der Waals surface area contributed by atoms with Gasteiger partial charge in [0.2, 0.25) is 5.88 Å². The average molecular weight is 534 g/mol. The summed E-state index contributed by atoms with van der Waals surface area (Å²) in [6, 6.07) is 18.8. The fourth-order valence-electron chi connectivity index (χ4n) is 2.70. The van der Waals surface area contributed by atoms with E-state index >= 15 is 0 Å². The van der Waals surface area contributed by atoms with Gasteiger partial charge in [-0.3, -0.25) is 0 Å². The van der Waals surface area contributed by atoms with Gasteiger partial charge in [0.05, 0.1) is 25.9 Å². The van der Waals surface area contributed by atoms with E-state index in [0.29, 0.717) is 36.3 Å². The first-order valence-corrected chi connectivity index (χ1v) is 9.74. The van der Waals surface area contributed by atoms with Crippen molar-refractivity contribution in [2.75, 3.05) is 19.0 Å². The molecule has 8 heteroatoms. The van der Waals surface area contributed by atoms with Gasteiger partial charge in [0.1, 0.15) is 5.75 Å². The number of hydrogen-bond acceptors (Lipinski definition) is 5. The SMILES string of the molecule is CCCOc1ccccc1Oc1ncccc1CN=C(N)Nc1ccccc1OC.I. The third-order valence-corrected chi connectivity index (χ3v) is 4.16. The summed E-state index contributed by atoms with van der Waals surface area (Å²) < 4.78 is 17.1. The number of para-hydroxylation sites is 4. The molecule has 0 atom stereocenters. The Hall–Kier alpha value is -3.01. The molecule has 0 bridgehead atoms. The highest BCUT2D eigenvalue weighted by atomic mass is 127. The summed E-state index contributed by atoms with van der Waals surface area (Å²) in [6.07, 6.45) is 2.59. The number of nitrogens with one attached hydrogen (secondary N) is 1. The number of nitrogens with zero attached hydrogens (tertiary/aromatic N) is 2. The van der Waals surface area contributed by atoms with E-state index in [1.165, 1.54) is 0 Å². The normalized spacial score (nSPS) is 10.7. The number of anilines is 1. The quantitative estimate of drug-likeness (QED) is 0.222. The molecule has 0 aliphatic rings. The molecule has 0 saturated heterocycles. The average Bonchev–Trinajstić information content (AvgIpc) is 2.78. The number of rotatable bonds is 9. The molecule has 3 N–H and O–H groups in total. The molecule has 0 saturated carbocycles. The highest BCUT2D eigenvalue weighted by Crippen LogP contribution is 2.32. The zero-order valence-corrected chi connectivity index (χ0v) is 19.9. The van der Waals surface area contributed by atoms with Crippen LogP contribution in [0.25, 0.3) is 0 Å².